The minimum absolute atomic E-state index is 0.0438. The van der Waals surface area contributed by atoms with E-state index in [0.29, 0.717) is 0 Å². The minimum atomic E-state index is -0.685. The van der Waals surface area contributed by atoms with Gasteiger partial charge in [-0.1, -0.05) is 0 Å². The van der Waals surface area contributed by atoms with E-state index < -0.39 is 11.2 Å². The lowest BCUT2D eigenvalue weighted by Gasteiger charge is -2.35. The number of hydrogen-bond donors (Lipinski definition) is 2. The molecular formula is C10H18O3. The van der Waals surface area contributed by atoms with Crippen molar-refractivity contribution in [1.82, 2.24) is 0 Å². The van der Waals surface area contributed by atoms with Gasteiger partial charge >= 0.3 is 0 Å². The van der Waals surface area contributed by atoms with Crippen LogP contribution in [0.2, 0.25) is 0 Å². The first-order chi connectivity index (χ1) is 5.82. The summed E-state index contributed by atoms with van der Waals surface area (Å²) in [6.45, 7) is 5.45. The zero-order valence-electron chi connectivity index (χ0n) is 8.45. The zero-order chi connectivity index (χ0) is 9.85. The van der Waals surface area contributed by atoms with E-state index in [2.05, 4.69) is 0 Å². The van der Waals surface area contributed by atoms with Crippen LogP contribution in [0.15, 0.2) is 0 Å². The second-order valence-corrected chi connectivity index (χ2v) is 5.18. The highest BCUT2D eigenvalue weighted by Gasteiger charge is 2.60. The summed E-state index contributed by atoms with van der Waals surface area (Å²) in [5.41, 5.74) is -1.36. The molecule has 3 heteroatoms. The number of fused-ring (bicyclic) bond motifs is 1. The summed E-state index contributed by atoms with van der Waals surface area (Å²) in [6.07, 6.45) is 1.60. The van der Waals surface area contributed by atoms with Crippen LogP contribution in [0, 0.1) is 5.92 Å². The summed E-state index contributed by atoms with van der Waals surface area (Å²) in [4.78, 5) is 0. The average Bonchev–Trinajstić information content (AvgIpc) is 2.62. The molecule has 0 aromatic heterocycles. The molecule has 3 nitrogen and oxygen atoms in total. The van der Waals surface area contributed by atoms with Crippen LogP contribution in [0.3, 0.4) is 0 Å². The van der Waals surface area contributed by atoms with Gasteiger partial charge in [0.1, 0.15) is 6.10 Å². The van der Waals surface area contributed by atoms with Crippen molar-refractivity contribution in [2.75, 3.05) is 0 Å². The Kier molecular flexibility index (Phi) is 1.79. The topological polar surface area (TPSA) is 53.0 Å². The Balaban J connectivity index is 2.08. The Morgan fingerprint density at radius 3 is 2.62 bits per heavy atom. The molecule has 2 fully saturated rings. The van der Waals surface area contributed by atoms with Crippen molar-refractivity contribution in [3.05, 3.63) is 0 Å². The molecule has 1 aliphatic heterocycles. The van der Waals surface area contributed by atoms with Crippen LogP contribution in [0.5, 0.6) is 0 Å². The highest BCUT2D eigenvalue weighted by molar-refractivity contribution is 5.09. The van der Waals surface area contributed by atoms with Gasteiger partial charge in [-0.2, -0.15) is 0 Å². The van der Waals surface area contributed by atoms with Gasteiger partial charge in [0.25, 0.3) is 0 Å². The van der Waals surface area contributed by atoms with Gasteiger partial charge in [-0.05, 0) is 33.6 Å². The van der Waals surface area contributed by atoms with Gasteiger partial charge in [0, 0.05) is 5.92 Å². The third kappa shape index (κ3) is 1.49. The highest BCUT2D eigenvalue weighted by Crippen LogP contribution is 2.49. The number of aliphatic hydroxyl groups is 2. The average molecular weight is 186 g/mol. The molecule has 2 rings (SSSR count). The largest absolute Gasteiger partial charge is 0.390 e. The SMILES string of the molecule is CC(C)(O)[C@@H]1CC[C@@](C)(O)[C@H]2O[C@@H]12. The van der Waals surface area contributed by atoms with Crippen molar-refractivity contribution in [1.29, 1.82) is 0 Å². The van der Waals surface area contributed by atoms with Crippen LogP contribution in [0.4, 0.5) is 0 Å². The Hall–Kier alpha value is -0.120. The lowest BCUT2D eigenvalue weighted by Crippen LogP contribution is -2.45. The van der Waals surface area contributed by atoms with Crippen LogP contribution in [-0.4, -0.2) is 33.6 Å². The van der Waals surface area contributed by atoms with Gasteiger partial charge in [-0.25, -0.2) is 0 Å². The third-order valence-corrected chi connectivity index (χ3v) is 3.40. The Morgan fingerprint density at radius 1 is 1.46 bits per heavy atom. The first-order valence-corrected chi connectivity index (χ1v) is 4.92. The lowest BCUT2D eigenvalue weighted by atomic mass is 9.73. The van der Waals surface area contributed by atoms with E-state index in [1.165, 1.54) is 0 Å². The lowest BCUT2D eigenvalue weighted by molar-refractivity contribution is -0.0318. The summed E-state index contributed by atoms with van der Waals surface area (Å²) in [6, 6.07) is 0. The molecule has 2 aliphatic rings. The van der Waals surface area contributed by atoms with E-state index in [-0.39, 0.29) is 18.1 Å². The normalized spacial score (nSPS) is 50.1. The van der Waals surface area contributed by atoms with E-state index in [0.717, 1.165) is 12.8 Å². The first kappa shape index (κ1) is 9.44. The van der Waals surface area contributed by atoms with E-state index in [9.17, 15) is 10.2 Å². The van der Waals surface area contributed by atoms with Crippen LogP contribution in [0.25, 0.3) is 0 Å². The fourth-order valence-electron chi connectivity index (χ4n) is 2.44. The minimum Gasteiger partial charge on any atom is -0.390 e. The van der Waals surface area contributed by atoms with Gasteiger partial charge < -0.3 is 14.9 Å². The predicted molar refractivity (Wildman–Crippen MR) is 48.3 cm³/mol. The van der Waals surface area contributed by atoms with Crippen molar-refractivity contribution in [3.63, 3.8) is 0 Å². The number of ether oxygens (including phenoxy) is 1. The molecule has 1 saturated heterocycles. The van der Waals surface area contributed by atoms with Gasteiger partial charge in [0.05, 0.1) is 17.3 Å². The molecule has 0 radical (unpaired) electrons. The predicted octanol–water partition coefficient (Wildman–Crippen LogP) is 0.686. The van der Waals surface area contributed by atoms with Crippen molar-refractivity contribution >= 4 is 0 Å². The highest BCUT2D eigenvalue weighted by atomic mass is 16.6. The maximum absolute atomic E-state index is 9.86. The second-order valence-electron chi connectivity index (χ2n) is 5.18. The van der Waals surface area contributed by atoms with E-state index in [1.54, 1.807) is 0 Å². The Bertz CT molecular complexity index is 217. The Morgan fingerprint density at radius 2 is 2.08 bits per heavy atom. The molecular weight excluding hydrogens is 168 g/mol. The van der Waals surface area contributed by atoms with Crippen LogP contribution >= 0.6 is 0 Å². The monoisotopic (exact) mass is 186 g/mol. The molecule has 1 aliphatic carbocycles. The van der Waals surface area contributed by atoms with Gasteiger partial charge in [0.2, 0.25) is 0 Å². The standard InChI is InChI=1S/C10H18O3/c1-9(2,11)6-4-5-10(3,12)8-7(6)13-8/h6-8,11-12H,4-5H2,1-3H3/t6-,7+,8+,10-/m1/s1. The molecule has 13 heavy (non-hydrogen) atoms. The molecule has 1 saturated carbocycles. The van der Waals surface area contributed by atoms with Crippen molar-refractivity contribution in [2.45, 2.75) is 57.0 Å². The molecule has 4 atom stereocenters. The molecule has 1 heterocycles. The quantitative estimate of drug-likeness (QED) is 0.592. The smallest absolute Gasteiger partial charge is 0.113 e. The van der Waals surface area contributed by atoms with Crippen LogP contribution in [0.1, 0.15) is 33.6 Å². The van der Waals surface area contributed by atoms with Gasteiger partial charge in [-0.3, -0.25) is 0 Å². The fourth-order valence-corrected chi connectivity index (χ4v) is 2.44. The first-order valence-electron chi connectivity index (χ1n) is 4.92. The second kappa shape index (κ2) is 2.47. The zero-order valence-corrected chi connectivity index (χ0v) is 8.45. The number of rotatable bonds is 1. The summed E-state index contributed by atoms with van der Waals surface area (Å²) in [5, 5.41) is 19.7. The molecule has 0 spiro atoms. The van der Waals surface area contributed by atoms with Crippen molar-refractivity contribution in [3.8, 4) is 0 Å². The fraction of sp³-hybridized carbons (Fsp3) is 1.00. The van der Waals surface area contributed by atoms with Crippen LogP contribution < -0.4 is 0 Å². The summed E-state index contributed by atoms with van der Waals surface area (Å²) in [5.74, 6) is 0.178. The van der Waals surface area contributed by atoms with Crippen LogP contribution in [-0.2, 0) is 4.74 Å². The molecule has 0 unspecified atom stereocenters. The maximum Gasteiger partial charge on any atom is 0.113 e. The van der Waals surface area contributed by atoms with E-state index in [1.807, 2.05) is 20.8 Å². The van der Waals surface area contributed by atoms with Gasteiger partial charge in [0.15, 0.2) is 0 Å². The molecule has 76 valence electrons. The molecule has 0 bridgehead atoms. The van der Waals surface area contributed by atoms with Crippen molar-refractivity contribution in [2.24, 2.45) is 5.92 Å². The number of hydrogen-bond acceptors (Lipinski definition) is 3. The molecule has 0 aromatic carbocycles. The van der Waals surface area contributed by atoms with Crippen molar-refractivity contribution < 1.29 is 14.9 Å². The Labute approximate surface area is 78.7 Å². The maximum atomic E-state index is 9.86. The number of epoxide rings is 1. The summed E-state index contributed by atoms with van der Waals surface area (Å²) in [7, 11) is 0. The van der Waals surface area contributed by atoms with Gasteiger partial charge in [-0.15, -0.1) is 0 Å². The third-order valence-electron chi connectivity index (χ3n) is 3.40. The molecule has 2 N–H and O–H groups in total. The van der Waals surface area contributed by atoms with E-state index >= 15 is 0 Å². The molecule has 0 amide bonds. The van der Waals surface area contributed by atoms with E-state index in [4.69, 9.17) is 4.74 Å². The summed E-state index contributed by atoms with van der Waals surface area (Å²) < 4.78 is 5.42. The summed E-state index contributed by atoms with van der Waals surface area (Å²) >= 11 is 0. The molecule has 0 aromatic rings.